The molecule has 0 aromatic heterocycles. The smallest absolute Gasteiger partial charge is 0.0473 e. The van der Waals surface area contributed by atoms with Crippen LogP contribution in [0.1, 0.15) is 35.6 Å². The van der Waals surface area contributed by atoms with E-state index in [0.717, 1.165) is 6.54 Å². The number of benzene rings is 1. The van der Waals surface area contributed by atoms with E-state index in [1.54, 1.807) is 0 Å². The molecule has 0 amide bonds. The Labute approximate surface area is 98.4 Å². The molecule has 88 valence electrons. The number of nitrogens with zero attached hydrogens (tertiary/aromatic N) is 1. The van der Waals surface area contributed by atoms with E-state index in [-0.39, 0.29) is 0 Å². The molecule has 1 aromatic rings. The van der Waals surface area contributed by atoms with Crippen molar-refractivity contribution in [1.82, 2.24) is 4.90 Å². The summed E-state index contributed by atoms with van der Waals surface area (Å²) in [5.41, 5.74) is 10.1. The Morgan fingerprint density at radius 2 is 1.94 bits per heavy atom. The molecule has 1 saturated heterocycles. The molecule has 0 radical (unpaired) electrons. The largest absolute Gasteiger partial charge is 0.329 e. The summed E-state index contributed by atoms with van der Waals surface area (Å²) in [5, 5.41) is 0. The minimum absolute atomic E-state index is 0.420. The second kappa shape index (κ2) is 4.98. The van der Waals surface area contributed by atoms with E-state index in [1.165, 1.54) is 42.6 Å². The fraction of sp³-hybridized carbons (Fsp3) is 0.571. The van der Waals surface area contributed by atoms with E-state index >= 15 is 0 Å². The van der Waals surface area contributed by atoms with Crippen molar-refractivity contribution in [2.24, 2.45) is 5.73 Å². The van der Waals surface area contributed by atoms with E-state index in [1.807, 2.05) is 0 Å². The van der Waals surface area contributed by atoms with Gasteiger partial charge >= 0.3 is 0 Å². The highest BCUT2D eigenvalue weighted by molar-refractivity contribution is 5.33. The van der Waals surface area contributed by atoms with Gasteiger partial charge in [0.25, 0.3) is 0 Å². The van der Waals surface area contributed by atoms with Gasteiger partial charge < -0.3 is 5.73 Å². The maximum atomic E-state index is 5.95. The van der Waals surface area contributed by atoms with E-state index in [4.69, 9.17) is 5.73 Å². The van der Waals surface area contributed by atoms with Gasteiger partial charge in [-0.3, -0.25) is 4.90 Å². The Balaban J connectivity index is 2.25. The standard InChI is InChI=1S/C14H22N2/c1-11-5-6-13(12(2)9-11)14(10-15)16-7-3-4-8-16/h5-6,9,14H,3-4,7-8,10,15H2,1-2H3. The van der Waals surface area contributed by atoms with Crippen molar-refractivity contribution in [1.29, 1.82) is 0 Å². The molecule has 2 rings (SSSR count). The SMILES string of the molecule is Cc1ccc(C(CN)N2CCCC2)c(C)c1. The molecule has 2 nitrogen and oxygen atoms in total. The topological polar surface area (TPSA) is 29.3 Å². The second-order valence-electron chi connectivity index (χ2n) is 4.85. The lowest BCUT2D eigenvalue weighted by Crippen LogP contribution is -2.31. The Morgan fingerprint density at radius 3 is 2.50 bits per heavy atom. The summed E-state index contributed by atoms with van der Waals surface area (Å²) in [6.07, 6.45) is 2.64. The van der Waals surface area contributed by atoms with Crippen molar-refractivity contribution in [3.8, 4) is 0 Å². The average molecular weight is 218 g/mol. The highest BCUT2D eigenvalue weighted by Crippen LogP contribution is 2.26. The highest BCUT2D eigenvalue weighted by atomic mass is 15.2. The molecule has 0 spiro atoms. The first-order chi connectivity index (χ1) is 7.72. The number of rotatable bonds is 3. The third-order valence-corrected chi connectivity index (χ3v) is 3.59. The molecule has 0 saturated carbocycles. The van der Waals surface area contributed by atoms with Crippen molar-refractivity contribution in [3.63, 3.8) is 0 Å². The molecule has 1 unspecified atom stereocenters. The van der Waals surface area contributed by atoms with Crippen LogP contribution >= 0.6 is 0 Å². The van der Waals surface area contributed by atoms with Crippen molar-refractivity contribution in [2.45, 2.75) is 32.7 Å². The van der Waals surface area contributed by atoms with Gasteiger partial charge in [0, 0.05) is 12.6 Å². The van der Waals surface area contributed by atoms with Gasteiger partial charge in [-0.1, -0.05) is 23.8 Å². The lowest BCUT2D eigenvalue weighted by molar-refractivity contribution is 0.250. The fourth-order valence-corrected chi connectivity index (χ4v) is 2.73. The molecule has 2 heteroatoms. The van der Waals surface area contributed by atoms with Crippen LogP contribution in [0.25, 0.3) is 0 Å². The minimum atomic E-state index is 0.420. The Morgan fingerprint density at radius 1 is 1.25 bits per heavy atom. The van der Waals surface area contributed by atoms with Crippen molar-refractivity contribution in [3.05, 3.63) is 34.9 Å². The van der Waals surface area contributed by atoms with Crippen molar-refractivity contribution < 1.29 is 0 Å². The number of likely N-dealkylation sites (tertiary alicyclic amines) is 1. The molecule has 2 N–H and O–H groups in total. The molecule has 1 aliphatic rings. The molecule has 0 aliphatic carbocycles. The zero-order valence-electron chi connectivity index (χ0n) is 10.4. The zero-order valence-corrected chi connectivity index (χ0v) is 10.4. The van der Waals surface area contributed by atoms with Crippen LogP contribution in [0.4, 0.5) is 0 Å². The molecular weight excluding hydrogens is 196 g/mol. The van der Waals surface area contributed by atoms with E-state index < -0.39 is 0 Å². The predicted molar refractivity (Wildman–Crippen MR) is 68.5 cm³/mol. The Bertz CT molecular complexity index is 354. The lowest BCUT2D eigenvalue weighted by Gasteiger charge is -2.28. The van der Waals surface area contributed by atoms with Gasteiger partial charge in [0.15, 0.2) is 0 Å². The average Bonchev–Trinajstić information content (AvgIpc) is 2.75. The number of aryl methyl sites for hydroxylation is 2. The Hall–Kier alpha value is -0.860. The first-order valence-electron chi connectivity index (χ1n) is 6.23. The summed E-state index contributed by atoms with van der Waals surface area (Å²) in [6, 6.07) is 7.12. The van der Waals surface area contributed by atoms with Crippen LogP contribution < -0.4 is 5.73 Å². The maximum Gasteiger partial charge on any atom is 0.0473 e. The van der Waals surface area contributed by atoms with Gasteiger partial charge in [0.1, 0.15) is 0 Å². The third kappa shape index (κ3) is 2.28. The van der Waals surface area contributed by atoms with Crippen molar-refractivity contribution >= 4 is 0 Å². The minimum Gasteiger partial charge on any atom is -0.329 e. The van der Waals surface area contributed by atoms with E-state index in [0.29, 0.717) is 6.04 Å². The van der Waals surface area contributed by atoms with Crippen LogP contribution in [-0.4, -0.2) is 24.5 Å². The number of hydrogen-bond acceptors (Lipinski definition) is 2. The molecule has 1 aromatic carbocycles. The fourth-order valence-electron chi connectivity index (χ4n) is 2.73. The van der Waals surface area contributed by atoms with E-state index in [2.05, 4.69) is 36.9 Å². The molecule has 16 heavy (non-hydrogen) atoms. The quantitative estimate of drug-likeness (QED) is 0.844. The van der Waals surface area contributed by atoms with Gasteiger partial charge in [-0.15, -0.1) is 0 Å². The monoisotopic (exact) mass is 218 g/mol. The molecule has 1 fully saturated rings. The highest BCUT2D eigenvalue weighted by Gasteiger charge is 2.23. The maximum absolute atomic E-state index is 5.95. The summed E-state index contributed by atoms with van der Waals surface area (Å²) in [4.78, 5) is 2.53. The molecular formula is C14H22N2. The number of nitrogens with two attached hydrogens (primary N) is 1. The lowest BCUT2D eigenvalue weighted by atomic mass is 9.98. The predicted octanol–water partition coefficient (Wildman–Crippen LogP) is 2.40. The van der Waals surface area contributed by atoms with Crippen LogP contribution in [0.5, 0.6) is 0 Å². The summed E-state index contributed by atoms with van der Waals surface area (Å²) >= 11 is 0. The summed E-state index contributed by atoms with van der Waals surface area (Å²) < 4.78 is 0. The zero-order chi connectivity index (χ0) is 11.5. The normalized spacial score (nSPS) is 18.9. The van der Waals surface area contributed by atoms with Crippen LogP contribution in [-0.2, 0) is 0 Å². The van der Waals surface area contributed by atoms with Crippen LogP contribution in [0.15, 0.2) is 18.2 Å². The van der Waals surface area contributed by atoms with Crippen LogP contribution in [0, 0.1) is 13.8 Å². The first kappa shape index (κ1) is 11.6. The van der Waals surface area contributed by atoms with Gasteiger partial charge in [-0.25, -0.2) is 0 Å². The van der Waals surface area contributed by atoms with Crippen LogP contribution in [0.2, 0.25) is 0 Å². The molecule has 1 heterocycles. The Kier molecular flexibility index (Phi) is 3.62. The van der Waals surface area contributed by atoms with Gasteiger partial charge in [0.2, 0.25) is 0 Å². The van der Waals surface area contributed by atoms with Crippen LogP contribution in [0.3, 0.4) is 0 Å². The van der Waals surface area contributed by atoms with Gasteiger partial charge in [-0.05, 0) is 50.9 Å². The molecule has 1 atom stereocenters. The second-order valence-corrected chi connectivity index (χ2v) is 4.85. The first-order valence-corrected chi connectivity index (χ1v) is 6.23. The van der Waals surface area contributed by atoms with Gasteiger partial charge in [-0.2, -0.15) is 0 Å². The molecule has 1 aliphatic heterocycles. The van der Waals surface area contributed by atoms with Gasteiger partial charge in [0.05, 0.1) is 0 Å². The summed E-state index contributed by atoms with van der Waals surface area (Å²) in [5.74, 6) is 0. The summed E-state index contributed by atoms with van der Waals surface area (Å²) in [6.45, 7) is 7.47. The molecule has 0 bridgehead atoms. The summed E-state index contributed by atoms with van der Waals surface area (Å²) in [7, 11) is 0. The third-order valence-electron chi connectivity index (χ3n) is 3.59. The van der Waals surface area contributed by atoms with Crippen molar-refractivity contribution in [2.75, 3.05) is 19.6 Å². The number of hydrogen-bond donors (Lipinski definition) is 1. The van der Waals surface area contributed by atoms with E-state index in [9.17, 15) is 0 Å².